The van der Waals surface area contributed by atoms with Gasteiger partial charge in [0, 0.05) is 6.54 Å². The summed E-state index contributed by atoms with van der Waals surface area (Å²) in [5, 5.41) is 2.60. The molecule has 0 unspecified atom stereocenters. The summed E-state index contributed by atoms with van der Waals surface area (Å²) in [6, 6.07) is 5.41. The third-order valence-corrected chi connectivity index (χ3v) is 5.08. The molecule has 0 fully saturated rings. The lowest BCUT2D eigenvalue weighted by molar-refractivity contribution is 0.171. The molecule has 0 saturated heterocycles. The minimum Gasteiger partial charge on any atom is -0.453 e. The number of carbonyl (C=O) groups excluding carboxylic acids is 1. The molecule has 19 heavy (non-hydrogen) atoms. The summed E-state index contributed by atoms with van der Waals surface area (Å²) >= 11 is 0. The van der Waals surface area contributed by atoms with Crippen LogP contribution in [0.15, 0.2) is 23.1 Å². The smallest absolute Gasteiger partial charge is 0.406 e. The van der Waals surface area contributed by atoms with Crippen LogP contribution < -0.4 is 5.32 Å². The fraction of sp³-hybridized carbons (Fsp3) is 0.462. The van der Waals surface area contributed by atoms with Crippen LogP contribution in [0.4, 0.5) is 4.79 Å². The van der Waals surface area contributed by atoms with Gasteiger partial charge < -0.3 is 10.1 Å². The minimum atomic E-state index is -3.09. The first-order valence-corrected chi connectivity index (χ1v) is 7.84. The summed E-state index contributed by atoms with van der Waals surface area (Å²) < 4.78 is 28.2. The maximum atomic E-state index is 11.9. The average Bonchev–Trinajstić information content (AvgIpc) is 2.38. The van der Waals surface area contributed by atoms with Crippen molar-refractivity contribution < 1.29 is 17.9 Å². The van der Waals surface area contributed by atoms with Crippen LogP contribution in [-0.2, 0) is 27.4 Å². The number of fused-ring (bicyclic) bond motifs is 1. The number of hydrogen-bond acceptors (Lipinski definition) is 4. The maximum absolute atomic E-state index is 11.9. The van der Waals surface area contributed by atoms with Crippen LogP contribution in [-0.4, -0.2) is 33.9 Å². The highest BCUT2D eigenvalue weighted by molar-refractivity contribution is 7.91. The van der Waals surface area contributed by atoms with Gasteiger partial charge >= 0.3 is 6.09 Å². The van der Waals surface area contributed by atoms with Gasteiger partial charge in [-0.3, -0.25) is 0 Å². The van der Waals surface area contributed by atoms with Gasteiger partial charge in [0.25, 0.3) is 0 Å². The predicted octanol–water partition coefficient (Wildman–Crippen LogP) is 1.30. The lowest BCUT2D eigenvalue weighted by atomic mass is 10.0. The number of benzene rings is 1. The molecule has 1 aromatic carbocycles. The van der Waals surface area contributed by atoms with Crippen LogP contribution in [0.5, 0.6) is 0 Å². The summed E-state index contributed by atoms with van der Waals surface area (Å²) in [6.07, 6.45) is 1.68. The maximum Gasteiger partial charge on any atom is 0.406 e. The number of nitrogens with one attached hydrogen (secondary N) is 1. The highest BCUT2D eigenvalue weighted by Gasteiger charge is 2.23. The number of rotatable bonds is 3. The number of sulfone groups is 1. The van der Waals surface area contributed by atoms with Crippen molar-refractivity contribution in [3.05, 3.63) is 29.3 Å². The second-order valence-corrected chi connectivity index (χ2v) is 6.61. The topological polar surface area (TPSA) is 72.5 Å². The summed E-state index contributed by atoms with van der Waals surface area (Å²) in [5.41, 5.74) is 1.91. The Kier molecular flexibility index (Phi) is 4.09. The van der Waals surface area contributed by atoms with Gasteiger partial charge in [-0.1, -0.05) is 12.1 Å². The van der Waals surface area contributed by atoms with Crippen molar-refractivity contribution in [2.75, 3.05) is 19.4 Å². The third kappa shape index (κ3) is 3.26. The van der Waals surface area contributed by atoms with Gasteiger partial charge in [0.2, 0.25) is 0 Å². The van der Waals surface area contributed by atoms with E-state index in [2.05, 4.69) is 10.1 Å². The van der Waals surface area contributed by atoms with E-state index in [1.807, 2.05) is 6.07 Å². The van der Waals surface area contributed by atoms with Gasteiger partial charge in [-0.05, 0) is 36.5 Å². The summed E-state index contributed by atoms with van der Waals surface area (Å²) in [5.74, 6) is 0.239. The number of ether oxygens (including phenoxy) is 1. The Morgan fingerprint density at radius 2 is 2.21 bits per heavy atom. The molecule has 2 rings (SSSR count). The second-order valence-electron chi connectivity index (χ2n) is 4.53. The zero-order valence-electron chi connectivity index (χ0n) is 10.8. The van der Waals surface area contributed by atoms with Gasteiger partial charge in [0.1, 0.15) is 0 Å². The van der Waals surface area contributed by atoms with Crippen molar-refractivity contribution in [1.82, 2.24) is 5.32 Å². The Morgan fingerprint density at radius 3 is 2.95 bits per heavy atom. The van der Waals surface area contributed by atoms with Crippen LogP contribution in [0, 0.1) is 0 Å². The number of aryl methyl sites for hydroxylation is 1. The highest BCUT2D eigenvalue weighted by Crippen LogP contribution is 2.25. The van der Waals surface area contributed by atoms with E-state index in [1.165, 1.54) is 7.11 Å². The van der Waals surface area contributed by atoms with Crippen molar-refractivity contribution in [2.45, 2.75) is 24.2 Å². The standard InChI is InChI=1S/C13H17NO4S/c1-18-13(15)14-7-6-10-4-5-12-11(9-10)3-2-8-19(12,16)17/h4-5,9H,2-3,6-8H2,1H3,(H,14,15). The lowest BCUT2D eigenvalue weighted by Crippen LogP contribution is -2.25. The summed E-state index contributed by atoms with van der Waals surface area (Å²) in [6.45, 7) is 0.470. The molecule has 0 aliphatic carbocycles. The van der Waals surface area contributed by atoms with Crippen molar-refractivity contribution in [1.29, 1.82) is 0 Å². The molecule has 1 N–H and O–H groups in total. The summed E-state index contributed by atoms with van der Waals surface area (Å²) in [4.78, 5) is 11.4. The fourth-order valence-corrected chi connectivity index (χ4v) is 3.81. The van der Waals surface area contributed by atoms with Gasteiger partial charge in [-0.2, -0.15) is 0 Å². The van der Waals surface area contributed by atoms with Crippen molar-refractivity contribution in [2.24, 2.45) is 0 Å². The zero-order chi connectivity index (χ0) is 13.9. The van der Waals surface area contributed by atoms with E-state index in [1.54, 1.807) is 12.1 Å². The SMILES string of the molecule is COC(=O)NCCc1ccc2c(c1)CCCS2(=O)=O. The van der Waals surface area contributed by atoms with Crippen LogP contribution in [0.3, 0.4) is 0 Å². The Hall–Kier alpha value is -1.56. The largest absolute Gasteiger partial charge is 0.453 e. The number of methoxy groups -OCH3 is 1. The Labute approximate surface area is 112 Å². The van der Waals surface area contributed by atoms with E-state index >= 15 is 0 Å². The molecule has 1 amide bonds. The first kappa shape index (κ1) is 13.9. The van der Waals surface area contributed by atoms with E-state index in [0.29, 0.717) is 24.3 Å². The molecular weight excluding hydrogens is 266 g/mol. The average molecular weight is 283 g/mol. The molecule has 0 bridgehead atoms. The molecule has 6 heteroatoms. The number of carbonyl (C=O) groups is 1. The number of alkyl carbamates (subject to hydrolysis) is 1. The summed E-state index contributed by atoms with van der Waals surface area (Å²) in [7, 11) is -1.77. The zero-order valence-corrected chi connectivity index (χ0v) is 11.6. The molecule has 104 valence electrons. The molecule has 5 nitrogen and oxygen atoms in total. The van der Waals surface area contributed by atoms with E-state index in [9.17, 15) is 13.2 Å². The number of hydrogen-bond donors (Lipinski definition) is 1. The quantitative estimate of drug-likeness (QED) is 0.907. The number of amides is 1. The van der Waals surface area contributed by atoms with Crippen LogP contribution in [0.25, 0.3) is 0 Å². The van der Waals surface area contributed by atoms with E-state index in [-0.39, 0.29) is 5.75 Å². The van der Waals surface area contributed by atoms with Crippen molar-refractivity contribution >= 4 is 15.9 Å². The molecule has 0 saturated carbocycles. The first-order valence-electron chi connectivity index (χ1n) is 6.19. The van der Waals surface area contributed by atoms with E-state index in [0.717, 1.165) is 17.5 Å². The van der Waals surface area contributed by atoms with Gasteiger partial charge in [0.05, 0.1) is 17.8 Å². The monoisotopic (exact) mass is 283 g/mol. The van der Waals surface area contributed by atoms with Gasteiger partial charge in [0.15, 0.2) is 9.84 Å². The van der Waals surface area contributed by atoms with Gasteiger partial charge in [-0.15, -0.1) is 0 Å². The fourth-order valence-electron chi connectivity index (χ4n) is 2.23. The van der Waals surface area contributed by atoms with Crippen molar-refractivity contribution in [3.63, 3.8) is 0 Å². The first-order chi connectivity index (χ1) is 9.03. The molecule has 1 aromatic rings. The molecule has 1 aliphatic heterocycles. The van der Waals surface area contributed by atoms with E-state index < -0.39 is 15.9 Å². The molecular formula is C13H17NO4S. The Morgan fingerprint density at radius 1 is 1.42 bits per heavy atom. The molecule has 0 atom stereocenters. The normalized spacial score (nSPS) is 16.5. The minimum absolute atomic E-state index is 0.239. The lowest BCUT2D eigenvalue weighted by Gasteiger charge is -2.17. The van der Waals surface area contributed by atoms with E-state index in [4.69, 9.17) is 0 Å². The highest BCUT2D eigenvalue weighted by atomic mass is 32.2. The molecule has 0 aromatic heterocycles. The molecule has 1 aliphatic rings. The predicted molar refractivity (Wildman–Crippen MR) is 70.9 cm³/mol. The molecule has 0 radical (unpaired) electrons. The van der Waals surface area contributed by atoms with Gasteiger partial charge in [-0.25, -0.2) is 13.2 Å². The second kappa shape index (κ2) is 5.61. The van der Waals surface area contributed by atoms with Crippen LogP contribution >= 0.6 is 0 Å². The Balaban J connectivity index is 2.07. The van der Waals surface area contributed by atoms with Crippen LogP contribution in [0.1, 0.15) is 17.5 Å². The van der Waals surface area contributed by atoms with Crippen molar-refractivity contribution in [3.8, 4) is 0 Å². The molecule has 0 spiro atoms. The molecule has 1 heterocycles. The Bertz CT molecular complexity index is 580. The van der Waals surface area contributed by atoms with Crippen LogP contribution in [0.2, 0.25) is 0 Å². The third-order valence-electron chi connectivity index (χ3n) is 3.19.